The minimum absolute atomic E-state index is 0.104. The first-order valence-electron chi connectivity index (χ1n) is 8.74. The summed E-state index contributed by atoms with van der Waals surface area (Å²) in [5.74, 6) is -1.24. The molecule has 6 heteroatoms. The van der Waals surface area contributed by atoms with Crippen molar-refractivity contribution in [3.05, 3.63) is 58.1 Å². The van der Waals surface area contributed by atoms with E-state index in [0.717, 1.165) is 18.9 Å². The zero-order valence-corrected chi connectivity index (χ0v) is 16.8. The Bertz CT molecular complexity index is 841. The van der Waals surface area contributed by atoms with E-state index in [1.165, 1.54) is 19.3 Å². The summed E-state index contributed by atoms with van der Waals surface area (Å²) in [6, 6.07) is 0. The van der Waals surface area contributed by atoms with Gasteiger partial charge in [0.25, 0.3) is 0 Å². The Morgan fingerprint density at radius 2 is 2.00 bits per heavy atom. The van der Waals surface area contributed by atoms with Gasteiger partial charge in [0, 0.05) is 12.5 Å². The predicted molar refractivity (Wildman–Crippen MR) is 103 cm³/mol. The molecule has 0 aromatic heterocycles. The molecule has 1 aliphatic heterocycles. The molecule has 0 fully saturated rings. The lowest BCUT2D eigenvalue weighted by atomic mass is 9.80. The van der Waals surface area contributed by atoms with Gasteiger partial charge in [-0.15, -0.1) is 0 Å². The van der Waals surface area contributed by atoms with Gasteiger partial charge in [-0.2, -0.15) is 0 Å². The van der Waals surface area contributed by atoms with E-state index in [4.69, 9.17) is 21.1 Å². The van der Waals surface area contributed by atoms with Gasteiger partial charge in [0.15, 0.2) is 0 Å². The van der Waals surface area contributed by atoms with E-state index >= 15 is 0 Å². The van der Waals surface area contributed by atoms with Crippen LogP contribution in [-0.4, -0.2) is 23.1 Å². The number of carbonyl (C=O) groups is 3. The Balaban J connectivity index is 2.36. The summed E-state index contributed by atoms with van der Waals surface area (Å²) in [6.45, 7) is 8.60. The van der Waals surface area contributed by atoms with Crippen LogP contribution in [0.4, 0.5) is 0 Å². The average molecular weight is 391 g/mol. The molecule has 27 heavy (non-hydrogen) atoms. The van der Waals surface area contributed by atoms with Crippen molar-refractivity contribution < 1.29 is 23.9 Å². The third kappa shape index (κ3) is 4.30. The van der Waals surface area contributed by atoms with Crippen molar-refractivity contribution in [1.82, 2.24) is 0 Å². The first kappa shape index (κ1) is 20.9. The number of esters is 1. The van der Waals surface area contributed by atoms with Crippen molar-refractivity contribution in [2.45, 2.75) is 46.6 Å². The summed E-state index contributed by atoms with van der Waals surface area (Å²) in [5.41, 5.74) is -0.529. The maximum Gasteiger partial charge on any atom is 0.304 e. The summed E-state index contributed by atoms with van der Waals surface area (Å²) in [7, 11) is 0. The van der Waals surface area contributed by atoms with Crippen molar-refractivity contribution in [3.8, 4) is 0 Å². The number of ketones is 2. The zero-order chi connectivity index (χ0) is 20.4. The minimum atomic E-state index is -1.97. The fourth-order valence-electron chi connectivity index (χ4n) is 2.80. The largest absolute Gasteiger partial charge is 0.464 e. The number of rotatable bonds is 5. The fraction of sp³-hybridized carbons (Fsp3) is 0.381. The lowest BCUT2D eigenvalue weighted by Crippen LogP contribution is -2.51. The van der Waals surface area contributed by atoms with Crippen LogP contribution < -0.4 is 0 Å². The summed E-state index contributed by atoms with van der Waals surface area (Å²) < 4.78 is 10.5. The normalized spacial score (nSPS) is 24.3. The molecule has 5 nitrogen and oxygen atoms in total. The van der Waals surface area contributed by atoms with Crippen LogP contribution in [0.5, 0.6) is 0 Å². The standard InChI is InChI=1S/C21H23ClO5/c1-6-12(2)9-13(3)7-8-15-10-16-17(11-26-15)19(24)21(5,27-14(4)23)20(25)18(16)22/h7-12H,6H2,1-5H3/t12-,21+/m0/s1. The lowest BCUT2D eigenvalue weighted by molar-refractivity contribution is -0.167. The Hall–Kier alpha value is -2.40. The third-order valence-corrected chi connectivity index (χ3v) is 4.86. The van der Waals surface area contributed by atoms with Gasteiger partial charge in [-0.1, -0.05) is 49.6 Å². The molecule has 0 saturated carbocycles. The van der Waals surface area contributed by atoms with Gasteiger partial charge in [-0.3, -0.25) is 14.4 Å². The highest BCUT2D eigenvalue weighted by Crippen LogP contribution is 2.38. The molecule has 2 aliphatic rings. The molecular formula is C21H23ClO5. The van der Waals surface area contributed by atoms with Gasteiger partial charge < -0.3 is 9.47 Å². The molecule has 0 radical (unpaired) electrons. The van der Waals surface area contributed by atoms with Crippen LogP contribution in [0.25, 0.3) is 0 Å². The average Bonchev–Trinajstić information content (AvgIpc) is 2.62. The molecule has 2 rings (SSSR count). The Morgan fingerprint density at radius 3 is 2.59 bits per heavy atom. The molecule has 0 aromatic carbocycles. The zero-order valence-electron chi connectivity index (χ0n) is 16.1. The lowest BCUT2D eigenvalue weighted by Gasteiger charge is -2.32. The number of allylic oxidation sites excluding steroid dienone is 6. The fourth-order valence-corrected chi connectivity index (χ4v) is 3.13. The van der Waals surface area contributed by atoms with Crippen molar-refractivity contribution in [2.24, 2.45) is 5.92 Å². The van der Waals surface area contributed by atoms with E-state index in [2.05, 4.69) is 19.9 Å². The van der Waals surface area contributed by atoms with Crippen LogP contribution in [0, 0.1) is 5.92 Å². The van der Waals surface area contributed by atoms with Crippen LogP contribution in [0.2, 0.25) is 0 Å². The first-order valence-corrected chi connectivity index (χ1v) is 9.12. The van der Waals surface area contributed by atoms with Crippen molar-refractivity contribution in [1.29, 1.82) is 0 Å². The first-order chi connectivity index (χ1) is 12.6. The van der Waals surface area contributed by atoms with Crippen molar-refractivity contribution in [2.75, 3.05) is 0 Å². The second kappa shape index (κ2) is 8.09. The molecule has 0 unspecified atom stereocenters. The Kier molecular flexibility index (Phi) is 6.26. The number of halogens is 1. The third-order valence-electron chi connectivity index (χ3n) is 4.49. The molecule has 1 aliphatic carbocycles. The molecular weight excluding hydrogens is 368 g/mol. The molecule has 1 heterocycles. The number of hydrogen-bond donors (Lipinski definition) is 0. The Morgan fingerprint density at radius 1 is 1.33 bits per heavy atom. The molecule has 0 saturated heterocycles. The minimum Gasteiger partial charge on any atom is -0.464 e. The number of fused-ring (bicyclic) bond motifs is 1. The maximum atomic E-state index is 12.7. The molecule has 0 aromatic rings. The number of carbonyl (C=O) groups excluding carboxylic acids is 3. The summed E-state index contributed by atoms with van der Waals surface area (Å²) >= 11 is 6.20. The van der Waals surface area contributed by atoms with Crippen molar-refractivity contribution >= 4 is 29.1 Å². The van der Waals surface area contributed by atoms with Gasteiger partial charge in [0.1, 0.15) is 12.0 Å². The predicted octanol–water partition coefficient (Wildman–Crippen LogP) is 4.30. The summed E-state index contributed by atoms with van der Waals surface area (Å²) in [4.78, 5) is 36.6. The monoisotopic (exact) mass is 390 g/mol. The SMILES string of the molecule is CC[C@H](C)C=C(C)C=CC1=CC2=C(Cl)C(=O)[C@](C)(OC(C)=O)C(=O)C2=CO1. The molecule has 144 valence electrons. The van der Waals surface area contributed by atoms with Gasteiger partial charge in [-0.25, -0.2) is 0 Å². The van der Waals surface area contributed by atoms with Crippen LogP contribution in [0.15, 0.2) is 58.1 Å². The van der Waals surface area contributed by atoms with Crippen LogP contribution >= 0.6 is 11.6 Å². The Labute approximate surface area is 164 Å². The topological polar surface area (TPSA) is 69.7 Å². The van der Waals surface area contributed by atoms with E-state index in [0.29, 0.717) is 11.7 Å². The highest BCUT2D eigenvalue weighted by Gasteiger charge is 2.52. The van der Waals surface area contributed by atoms with E-state index < -0.39 is 23.1 Å². The number of Topliss-reactive ketones (excluding diaryl/α,β-unsaturated/α-hetero) is 2. The van der Waals surface area contributed by atoms with Gasteiger partial charge in [0.05, 0.1) is 10.6 Å². The van der Waals surface area contributed by atoms with Gasteiger partial charge in [0.2, 0.25) is 17.2 Å². The van der Waals surface area contributed by atoms with Crippen LogP contribution in [0.1, 0.15) is 41.0 Å². The van der Waals surface area contributed by atoms with Gasteiger partial charge in [-0.05, 0) is 31.9 Å². The molecule has 0 amide bonds. The molecule has 0 spiro atoms. The van der Waals surface area contributed by atoms with E-state index in [1.54, 1.807) is 6.08 Å². The highest BCUT2D eigenvalue weighted by atomic mass is 35.5. The quantitative estimate of drug-likeness (QED) is 0.397. The van der Waals surface area contributed by atoms with Crippen molar-refractivity contribution in [3.63, 3.8) is 0 Å². The smallest absolute Gasteiger partial charge is 0.304 e. The second-order valence-corrected chi connectivity index (χ2v) is 7.22. The van der Waals surface area contributed by atoms with E-state index in [1.807, 2.05) is 13.0 Å². The maximum absolute atomic E-state index is 12.7. The molecule has 2 atom stereocenters. The highest BCUT2D eigenvalue weighted by molar-refractivity contribution is 6.49. The van der Waals surface area contributed by atoms with Crippen LogP contribution in [0.3, 0.4) is 0 Å². The second-order valence-electron chi connectivity index (χ2n) is 6.84. The van der Waals surface area contributed by atoms with E-state index in [-0.39, 0.29) is 16.2 Å². The van der Waals surface area contributed by atoms with Gasteiger partial charge >= 0.3 is 5.97 Å². The number of ether oxygens (including phenoxy) is 2. The molecule has 0 N–H and O–H groups in total. The van der Waals surface area contributed by atoms with Crippen LogP contribution in [-0.2, 0) is 23.9 Å². The summed E-state index contributed by atoms with van der Waals surface area (Å²) in [6.07, 6.45) is 9.60. The van der Waals surface area contributed by atoms with E-state index in [9.17, 15) is 14.4 Å². The number of hydrogen-bond acceptors (Lipinski definition) is 5. The molecule has 0 bridgehead atoms. The summed E-state index contributed by atoms with van der Waals surface area (Å²) in [5, 5.41) is -0.161.